The minimum Gasteiger partial charge on any atom is -0.481 e. The molecule has 0 aliphatic heterocycles. The van der Waals surface area contributed by atoms with Gasteiger partial charge < -0.3 is 5.11 Å². The number of carboxylic acid groups (broad SMARTS) is 1. The summed E-state index contributed by atoms with van der Waals surface area (Å²) in [5.74, 6) is 1.49. The van der Waals surface area contributed by atoms with Crippen molar-refractivity contribution in [2.75, 3.05) is 0 Å². The third-order valence-electron chi connectivity index (χ3n) is 5.44. The number of rotatable bonds is 3. The van der Waals surface area contributed by atoms with Crippen molar-refractivity contribution in [2.24, 2.45) is 29.1 Å². The van der Waals surface area contributed by atoms with Gasteiger partial charge in [0.25, 0.3) is 0 Å². The number of aliphatic carboxylic acids is 1. The summed E-state index contributed by atoms with van der Waals surface area (Å²) in [7, 11) is 0. The molecule has 4 aliphatic carbocycles. The zero-order chi connectivity index (χ0) is 12.2. The van der Waals surface area contributed by atoms with Crippen molar-refractivity contribution in [3.8, 4) is 0 Å². The molecule has 4 aliphatic rings. The number of hydrogen-bond acceptors (Lipinski definition) is 1. The SMILES string of the molecule is C=C(C)C(C(=O)O)C12CC3CC(CC(C3)C1)C2. The van der Waals surface area contributed by atoms with Gasteiger partial charge in [-0.2, -0.15) is 0 Å². The summed E-state index contributed by atoms with van der Waals surface area (Å²) in [4.78, 5) is 11.6. The molecule has 0 spiro atoms. The fourth-order valence-corrected chi connectivity index (χ4v) is 5.53. The lowest BCUT2D eigenvalue weighted by Crippen LogP contribution is -2.51. The maximum absolute atomic E-state index is 11.6. The molecule has 2 heteroatoms. The van der Waals surface area contributed by atoms with Gasteiger partial charge in [0, 0.05) is 0 Å². The van der Waals surface area contributed by atoms with Crippen molar-refractivity contribution in [1.82, 2.24) is 0 Å². The molecule has 17 heavy (non-hydrogen) atoms. The molecule has 1 unspecified atom stereocenters. The Morgan fingerprint density at radius 2 is 1.59 bits per heavy atom. The summed E-state index contributed by atoms with van der Waals surface area (Å²) in [6.45, 7) is 5.85. The Hall–Kier alpha value is -0.790. The van der Waals surface area contributed by atoms with E-state index in [1.165, 1.54) is 19.3 Å². The van der Waals surface area contributed by atoms with Crippen molar-refractivity contribution in [3.05, 3.63) is 12.2 Å². The lowest BCUT2D eigenvalue weighted by atomic mass is 9.46. The Morgan fingerprint density at radius 1 is 1.18 bits per heavy atom. The number of carbonyl (C=O) groups is 1. The smallest absolute Gasteiger partial charge is 0.311 e. The van der Waals surface area contributed by atoms with Gasteiger partial charge in [0.1, 0.15) is 0 Å². The second kappa shape index (κ2) is 3.60. The quantitative estimate of drug-likeness (QED) is 0.759. The number of hydrogen-bond donors (Lipinski definition) is 1. The van der Waals surface area contributed by atoms with Crippen LogP contribution >= 0.6 is 0 Å². The fraction of sp³-hybridized carbons (Fsp3) is 0.800. The number of carboxylic acids is 1. The van der Waals surface area contributed by atoms with Gasteiger partial charge in [-0.1, -0.05) is 12.2 Å². The first kappa shape index (κ1) is 11.3. The maximum atomic E-state index is 11.6. The Balaban J connectivity index is 1.95. The van der Waals surface area contributed by atoms with Crippen LogP contribution in [0.2, 0.25) is 0 Å². The zero-order valence-electron chi connectivity index (χ0n) is 10.6. The molecule has 0 aromatic heterocycles. The highest BCUT2D eigenvalue weighted by molar-refractivity contribution is 5.74. The van der Waals surface area contributed by atoms with Gasteiger partial charge in [0.05, 0.1) is 5.92 Å². The van der Waals surface area contributed by atoms with Crippen molar-refractivity contribution in [2.45, 2.75) is 45.4 Å². The van der Waals surface area contributed by atoms with Crippen LogP contribution in [0, 0.1) is 29.1 Å². The first-order valence-corrected chi connectivity index (χ1v) is 6.88. The van der Waals surface area contributed by atoms with Crippen molar-refractivity contribution >= 4 is 5.97 Å². The predicted molar refractivity (Wildman–Crippen MR) is 66.5 cm³/mol. The van der Waals surface area contributed by atoms with Crippen LogP contribution in [0.3, 0.4) is 0 Å². The second-order valence-electron chi connectivity index (χ2n) is 6.90. The molecule has 2 nitrogen and oxygen atoms in total. The summed E-state index contributed by atoms with van der Waals surface area (Å²) in [6, 6.07) is 0. The average molecular weight is 234 g/mol. The summed E-state index contributed by atoms with van der Waals surface area (Å²) < 4.78 is 0. The third-order valence-corrected chi connectivity index (χ3v) is 5.44. The van der Waals surface area contributed by atoms with E-state index >= 15 is 0 Å². The Labute approximate surface area is 103 Å². The van der Waals surface area contributed by atoms with Crippen LogP contribution in [-0.4, -0.2) is 11.1 Å². The minimum atomic E-state index is -0.639. The molecule has 4 rings (SSSR count). The largest absolute Gasteiger partial charge is 0.481 e. The monoisotopic (exact) mass is 234 g/mol. The molecule has 0 aromatic rings. The lowest BCUT2D eigenvalue weighted by Gasteiger charge is -2.58. The van der Waals surface area contributed by atoms with E-state index in [1.54, 1.807) is 0 Å². The Bertz CT molecular complexity index is 320. The van der Waals surface area contributed by atoms with Gasteiger partial charge >= 0.3 is 5.97 Å². The average Bonchev–Trinajstić information content (AvgIpc) is 2.11. The Kier molecular flexibility index (Phi) is 2.39. The molecule has 0 saturated heterocycles. The molecule has 0 radical (unpaired) electrons. The van der Waals surface area contributed by atoms with Crippen LogP contribution in [-0.2, 0) is 4.79 Å². The van der Waals surface area contributed by atoms with Crippen molar-refractivity contribution < 1.29 is 9.90 Å². The van der Waals surface area contributed by atoms with Gasteiger partial charge in [0.15, 0.2) is 0 Å². The van der Waals surface area contributed by atoms with E-state index in [0.29, 0.717) is 0 Å². The highest BCUT2D eigenvalue weighted by Gasteiger charge is 2.56. The molecule has 4 bridgehead atoms. The van der Waals surface area contributed by atoms with Crippen LogP contribution < -0.4 is 0 Å². The van der Waals surface area contributed by atoms with E-state index in [9.17, 15) is 9.90 Å². The molecule has 4 fully saturated rings. The van der Waals surface area contributed by atoms with E-state index in [0.717, 1.165) is 42.6 Å². The molecular formula is C15H22O2. The predicted octanol–water partition coefficient (Wildman–Crippen LogP) is 3.48. The summed E-state index contributed by atoms with van der Waals surface area (Å²) >= 11 is 0. The molecule has 94 valence electrons. The van der Waals surface area contributed by atoms with Crippen molar-refractivity contribution in [3.63, 3.8) is 0 Å². The van der Waals surface area contributed by atoms with Crippen LogP contribution in [0.4, 0.5) is 0 Å². The van der Waals surface area contributed by atoms with E-state index in [2.05, 4.69) is 6.58 Å². The van der Waals surface area contributed by atoms with E-state index < -0.39 is 5.97 Å². The van der Waals surface area contributed by atoms with Crippen molar-refractivity contribution in [1.29, 1.82) is 0 Å². The van der Waals surface area contributed by atoms with Gasteiger partial charge in [0.2, 0.25) is 0 Å². The summed E-state index contributed by atoms with van der Waals surface area (Å²) in [5, 5.41) is 9.54. The van der Waals surface area contributed by atoms with Crippen LogP contribution in [0.25, 0.3) is 0 Å². The molecule has 0 amide bonds. The molecule has 0 aromatic carbocycles. The summed E-state index contributed by atoms with van der Waals surface area (Å²) in [5.41, 5.74) is 0.923. The molecular weight excluding hydrogens is 212 g/mol. The molecule has 1 atom stereocenters. The van der Waals surface area contributed by atoms with Crippen LogP contribution in [0.1, 0.15) is 45.4 Å². The first-order valence-electron chi connectivity index (χ1n) is 6.88. The third kappa shape index (κ3) is 1.64. The zero-order valence-corrected chi connectivity index (χ0v) is 10.6. The van der Waals surface area contributed by atoms with E-state index in [1.807, 2.05) is 6.92 Å². The minimum absolute atomic E-state index is 0.0619. The van der Waals surface area contributed by atoms with E-state index in [-0.39, 0.29) is 11.3 Å². The standard InChI is InChI=1S/C15H22O2/c1-9(2)13(14(16)17)15-6-10-3-11(7-15)5-12(4-10)8-15/h10-13H,1,3-8H2,2H3,(H,16,17). The topological polar surface area (TPSA) is 37.3 Å². The fourth-order valence-electron chi connectivity index (χ4n) is 5.53. The van der Waals surface area contributed by atoms with Gasteiger partial charge in [-0.25, -0.2) is 0 Å². The normalized spacial score (nSPS) is 44.6. The highest BCUT2D eigenvalue weighted by atomic mass is 16.4. The highest BCUT2D eigenvalue weighted by Crippen LogP contribution is 2.63. The summed E-state index contributed by atoms with van der Waals surface area (Å²) in [6.07, 6.45) is 7.51. The second-order valence-corrected chi connectivity index (χ2v) is 6.90. The molecule has 4 saturated carbocycles. The van der Waals surface area contributed by atoms with Gasteiger partial charge in [-0.05, 0) is 68.6 Å². The lowest BCUT2D eigenvalue weighted by molar-refractivity contribution is -0.154. The van der Waals surface area contributed by atoms with E-state index in [4.69, 9.17) is 0 Å². The van der Waals surface area contributed by atoms with Gasteiger partial charge in [-0.15, -0.1) is 0 Å². The first-order chi connectivity index (χ1) is 8.00. The molecule has 0 heterocycles. The van der Waals surface area contributed by atoms with Gasteiger partial charge in [-0.3, -0.25) is 4.79 Å². The van der Waals surface area contributed by atoms with Crippen LogP contribution in [0.15, 0.2) is 12.2 Å². The molecule has 1 N–H and O–H groups in total. The Morgan fingerprint density at radius 3 is 1.88 bits per heavy atom. The maximum Gasteiger partial charge on any atom is 0.311 e. The van der Waals surface area contributed by atoms with Crippen LogP contribution in [0.5, 0.6) is 0 Å².